The molecule has 1 amide bonds. The van der Waals surface area contributed by atoms with Gasteiger partial charge < -0.3 is 20.1 Å². The summed E-state index contributed by atoms with van der Waals surface area (Å²) < 4.78 is 12.3. The molecule has 2 aliphatic rings. The Morgan fingerprint density at radius 2 is 2.09 bits per heavy atom. The fraction of sp³-hybridized carbons (Fsp3) is 0.292. The van der Waals surface area contributed by atoms with Crippen LogP contribution in [0.15, 0.2) is 47.7 Å². The van der Waals surface area contributed by atoms with Crippen LogP contribution in [0.3, 0.4) is 0 Å². The number of ether oxygens (including phenoxy) is 2. The predicted octanol–water partition coefficient (Wildman–Crippen LogP) is 3.19. The Morgan fingerprint density at radius 3 is 2.94 bits per heavy atom. The third-order valence-electron chi connectivity index (χ3n) is 5.89. The summed E-state index contributed by atoms with van der Waals surface area (Å²) in [5.74, 6) is 1.14. The minimum Gasteiger partial charge on any atom is -0.496 e. The topological polar surface area (TPSA) is 89.8 Å². The van der Waals surface area contributed by atoms with Crippen molar-refractivity contribution in [3.8, 4) is 16.9 Å². The zero-order chi connectivity index (χ0) is 22.1. The molecule has 2 aromatic carbocycles. The monoisotopic (exact) mass is 431 g/mol. The Labute approximate surface area is 186 Å². The molecule has 0 atom stereocenters. The smallest absolute Gasteiger partial charge is 0.259 e. The minimum absolute atomic E-state index is 0.231. The molecule has 0 aliphatic carbocycles. The van der Waals surface area contributed by atoms with Gasteiger partial charge in [0.15, 0.2) is 0 Å². The lowest BCUT2D eigenvalue weighted by Crippen LogP contribution is -2.30. The van der Waals surface area contributed by atoms with Crippen LogP contribution in [0.2, 0.25) is 0 Å². The number of amides is 1. The van der Waals surface area contributed by atoms with Gasteiger partial charge in [-0.25, -0.2) is 4.99 Å². The maximum atomic E-state index is 12.8. The molecule has 32 heavy (non-hydrogen) atoms. The molecular weight excluding hydrogens is 406 g/mol. The molecule has 3 heterocycles. The second-order valence-electron chi connectivity index (χ2n) is 7.83. The molecule has 0 unspecified atom stereocenters. The highest BCUT2D eigenvalue weighted by Gasteiger charge is 2.26. The highest BCUT2D eigenvalue weighted by molar-refractivity contribution is 6.10. The van der Waals surface area contributed by atoms with E-state index in [1.165, 1.54) is 16.8 Å². The maximum Gasteiger partial charge on any atom is 0.259 e. The van der Waals surface area contributed by atoms with Crippen molar-refractivity contribution in [1.82, 2.24) is 15.1 Å². The SMILES string of the molecule is COCCn1cc(C(=O)NC2=Nc3c(-c4cccc5c4CCN5)ccc(OC)c3C2)cn1. The van der Waals surface area contributed by atoms with Gasteiger partial charge >= 0.3 is 0 Å². The molecule has 0 fully saturated rings. The number of amidine groups is 1. The van der Waals surface area contributed by atoms with Crippen LogP contribution in [-0.2, 0) is 24.1 Å². The van der Waals surface area contributed by atoms with Gasteiger partial charge in [-0.05, 0) is 35.7 Å². The molecule has 0 spiro atoms. The van der Waals surface area contributed by atoms with Crippen LogP contribution in [0.25, 0.3) is 11.1 Å². The number of nitrogens with one attached hydrogen (secondary N) is 2. The number of aromatic nitrogens is 2. The number of aliphatic imine (C=N–C) groups is 1. The number of hydrogen-bond acceptors (Lipinski definition) is 6. The number of hydrogen-bond donors (Lipinski definition) is 2. The summed E-state index contributed by atoms with van der Waals surface area (Å²) in [4.78, 5) is 17.6. The lowest BCUT2D eigenvalue weighted by Gasteiger charge is -2.13. The molecule has 1 aromatic heterocycles. The van der Waals surface area contributed by atoms with E-state index in [4.69, 9.17) is 14.5 Å². The standard InChI is InChI=1S/C24H25N5O3/c1-31-11-10-29-14-15(13-26-29)24(30)28-22-12-19-21(32-2)7-6-18(23(19)27-22)16-4-3-5-20-17(16)8-9-25-20/h3-7,13-14,25H,8-12H2,1-2H3,(H,27,28,30). The second-order valence-corrected chi connectivity index (χ2v) is 7.83. The van der Waals surface area contributed by atoms with Gasteiger partial charge in [0.05, 0.1) is 37.7 Å². The first kappa shape index (κ1) is 20.3. The van der Waals surface area contributed by atoms with Crippen LogP contribution >= 0.6 is 0 Å². The Balaban J connectivity index is 1.44. The lowest BCUT2D eigenvalue weighted by molar-refractivity contribution is 0.0976. The van der Waals surface area contributed by atoms with E-state index in [2.05, 4.69) is 40.0 Å². The molecule has 2 N–H and O–H groups in total. The summed E-state index contributed by atoms with van der Waals surface area (Å²) in [6.45, 7) is 2.06. The van der Waals surface area contributed by atoms with Gasteiger partial charge in [0.1, 0.15) is 11.6 Å². The average Bonchev–Trinajstić information content (AvgIpc) is 3.55. The van der Waals surface area contributed by atoms with Crippen molar-refractivity contribution < 1.29 is 14.3 Å². The first-order valence-electron chi connectivity index (χ1n) is 10.6. The summed E-state index contributed by atoms with van der Waals surface area (Å²) in [5, 5.41) is 10.6. The Hall–Kier alpha value is -3.65. The Kier molecular flexibility index (Phi) is 5.36. The number of methoxy groups -OCH3 is 2. The molecule has 5 rings (SSSR count). The molecule has 8 nitrogen and oxygen atoms in total. The number of carbonyl (C=O) groups is 1. The van der Waals surface area contributed by atoms with Gasteiger partial charge in [-0.15, -0.1) is 0 Å². The van der Waals surface area contributed by atoms with Crippen LogP contribution in [0.4, 0.5) is 11.4 Å². The van der Waals surface area contributed by atoms with E-state index in [-0.39, 0.29) is 5.91 Å². The molecule has 2 aliphatic heterocycles. The summed E-state index contributed by atoms with van der Waals surface area (Å²) in [5.41, 5.74) is 7.03. The summed E-state index contributed by atoms with van der Waals surface area (Å²) in [6.07, 6.45) is 4.75. The van der Waals surface area contributed by atoms with Gasteiger partial charge in [-0.2, -0.15) is 5.10 Å². The first-order valence-corrected chi connectivity index (χ1v) is 10.6. The molecule has 8 heteroatoms. The average molecular weight is 431 g/mol. The number of benzene rings is 2. The second kappa shape index (κ2) is 8.47. The van der Waals surface area contributed by atoms with Crippen molar-refractivity contribution in [2.75, 3.05) is 32.7 Å². The summed E-state index contributed by atoms with van der Waals surface area (Å²) in [7, 11) is 3.29. The number of anilines is 1. The van der Waals surface area contributed by atoms with Crippen LogP contribution in [0.1, 0.15) is 21.5 Å². The quantitative estimate of drug-likeness (QED) is 0.626. The van der Waals surface area contributed by atoms with E-state index in [0.717, 1.165) is 35.5 Å². The van der Waals surface area contributed by atoms with Gasteiger partial charge in [0.25, 0.3) is 5.91 Å². The normalized spacial score (nSPS) is 13.9. The van der Waals surface area contributed by atoms with Crippen molar-refractivity contribution >= 4 is 23.1 Å². The first-order chi connectivity index (χ1) is 15.7. The number of fused-ring (bicyclic) bond motifs is 2. The van der Waals surface area contributed by atoms with Crippen LogP contribution in [0, 0.1) is 0 Å². The third kappa shape index (κ3) is 3.62. The molecule has 0 saturated carbocycles. The largest absolute Gasteiger partial charge is 0.496 e. The van der Waals surface area contributed by atoms with E-state index in [9.17, 15) is 4.79 Å². The zero-order valence-electron chi connectivity index (χ0n) is 18.1. The van der Waals surface area contributed by atoms with Crippen LogP contribution in [0.5, 0.6) is 5.75 Å². The highest BCUT2D eigenvalue weighted by atomic mass is 16.5. The Morgan fingerprint density at radius 1 is 1.19 bits per heavy atom. The molecule has 0 radical (unpaired) electrons. The van der Waals surface area contributed by atoms with Crippen molar-refractivity contribution in [3.05, 3.63) is 59.4 Å². The minimum atomic E-state index is -0.231. The zero-order valence-corrected chi connectivity index (χ0v) is 18.1. The number of rotatable bonds is 6. The van der Waals surface area contributed by atoms with Crippen molar-refractivity contribution in [2.24, 2.45) is 4.99 Å². The molecular formula is C24H25N5O3. The van der Waals surface area contributed by atoms with Crippen LogP contribution < -0.4 is 15.4 Å². The summed E-state index contributed by atoms with van der Waals surface area (Å²) >= 11 is 0. The van der Waals surface area contributed by atoms with E-state index < -0.39 is 0 Å². The van der Waals surface area contributed by atoms with Gasteiger partial charge in [0.2, 0.25) is 0 Å². The maximum absolute atomic E-state index is 12.8. The fourth-order valence-corrected chi connectivity index (χ4v) is 4.33. The molecule has 0 bridgehead atoms. The predicted molar refractivity (Wildman–Crippen MR) is 123 cm³/mol. The fourth-order valence-electron chi connectivity index (χ4n) is 4.33. The highest BCUT2D eigenvalue weighted by Crippen LogP contribution is 2.44. The van der Waals surface area contributed by atoms with Gasteiger partial charge in [0, 0.05) is 43.1 Å². The molecule has 164 valence electrons. The third-order valence-corrected chi connectivity index (χ3v) is 5.89. The van der Waals surface area contributed by atoms with E-state index >= 15 is 0 Å². The van der Waals surface area contributed by atoms with E-state index in [0.29, 0.717) is 31.0 Å². The number of carbonyl (C=O) groups excluding carboxylic acids is 1. The lowest BCUT2D eigenvalue weighted by atomic mass is 9.94. The van der Waals surface area contributed by atoms with Gasteiger partial charge in [-0.1, -0.05) is 12.1 Å². The van der Waals surface area contributed by atoms with Gasteiger partial charge in [-0.3, -0.25) is 9.48 Å². The Bertz CT molecular complexity index is 1210. The van der Waals surface area contributed by atoms with Crippen molar-refractivity contribution in [2.45, 2.75) is 19.4 Å². The van der Waals surface area contributed by atoms with Crippen LogP contribution in [-0.4, -0.2) is 48.9 Å². The molecule has 0 saturated heterocycles. The van der Waals surface area contributed by atoms with E-state index in [1.807, 2.05) is 6.07 Å². The number of nitrogens with zero attached hydrogens (tertiary/aromatic N) is 3. The van der Waals surface area contributed by atoms with E-state index in [1.54, 1.807) is 31.3 Å². The van der Waals surface area contributed by atoms with Crippen molar-refractivity contribution in [1.29, 1.82) is 0 Å². The molecule has 3 aromatic rings. The summed E-state index contributed by atoms with van der Waals surface area (Å²) in [6, 6.07) is 10.3. The van der Waals surface area contributed by atoms with Crippen molar-refractivity contribution in [3.63, 3.8) is 0 Å².